The summed E-state index contributed by atoms with van der Waals surface area (Å²) >= 11 is 0. The number of fused-ring (bicyclic) bond motifs is 1. The molecule has 1 aromatic heterocycles. The van der Waals surface area contributed by atoms with Gasteiger partial charge in [-0.3, -0.25) is 9.59 Å². The average Bonchev–Trinajstić information content (AvgIpc) is 3.43. The molecule has 1 aliphatic heterocycles. The largest absolute Gasteiger partial charge is 0.454 e. The van der Waals surface area contributed by atoms with E-state index in [2.05, 4.69) is 31.4 Å². The fourth-order valence-electron chi connectivity index (χ4n) is 3.57. The first-order chi connectivity index (χ1) is 16.2. The van der Waals surface area contributed by atoms with Crippen LogP contribution in [0.1, 0.15) is 50.4 Å². The molecule has 0 bridgehead atoms. The number of carbonyl (C=O) groups excluding carboxylic acids is 2. The van der Waals surface area contributed by atoms with Crippen LogP contribution in [-0.4, -0.2) is 28.4 Å². The van der Waals surface area contributed by atoms with Crippen molar-refractivity contribution in [2.24, 2.45) is 0 Å². The van der Waals surface area contributed by atoms with Crippen molar-refractivity contribution in [1.29, 1.82) is 0 Å². The molecule has 2 N–H and O–H groups in total. The van der Waals surface area contributed by atoms with Gasteiger partial charge >= 0.3 is 0 Å². The number of nitrogens with one attached hydrogen (secondary N) is 2. The van der Waals surface area contributed by atoms with E-state index in [1.165, 1.54) is 0 Å². The molecular weight excluding hydrogens is 432 g/mol. The average molecular weight is 463 g/mol. The van der Waals surface area contributed by atoms with E-state index in [1.807, 2.05) is 55.5 Å². The first kappa shape index (κ1) is 23.4. The monoisotopic (exact) mass is 462 g/mol. The fourth-order valence-corrected chi connectivity index (χ4v) is 3.57. The van der Waals surface area contributed by atoms with E-state index in [0.29, 0.717) is 23.9 Å². The summed E-state index contributed by atoms with van der Waals surface area (Å²) in [7, 11) is 0. The van der Waals surface area contributed by atoms with E-state index >= 15 is 0 Å². The van der Waals surface area contributed by atoms with Crippen LogP contribution in [0.15, 0.2) is 48.5 Å². The zero-order chi connectivity index (χ0) is 24.3. The van der Waals surface area contributed by atoms with Crippen molar-refractivity contribution in [3.8, 4) is 17.2 Å². The molecular formula is C26H30N4O4. The Morgan fingerprint density at radius 3 is 2.53 bits per heavy atom. The highest BCUT2D eigenvalue weighted by molar-refractivity contribution is 5.92. The molecule has 178 valence electrons. The number of benzene rings is 2. The van der Waals surface area contributed by atoms with Crippen molar-refractivity contribution in [3.63, 3.8) is 0 Å². The number of carbonyl (C=O) groups is 2. The van der Waals surface area contributed by atoms with E-state index in [-0.39, 0.29) is 36.9 Å². The van der Waals surface area contributed by atoms with Crippen molar-refractivity contribution in [2.45, 2.75) is 52.5 Å². The van der Waals surface area contributed by atoms with Gasteiger partial charge in [-0.2, -0.15) is 5.10 Å². The maximum Gasteiger partial charge on any atom is 0.231 e. The highest BCUT2D eigenvalue weighted by atomic mass is 16.7. The van der Waals surface area contributed by atoms with Gasteiger partial charge in [-0.05, 0) is 42.3 Å². The standard InChI is InChI=1S/C26H30N4O4/c1-17-6-5-7-19(12-17)30-23(14-22(29-30)26(2,3)4)28-25(32)11-10-24(31)27-15-18-8-9-20-21(13-18)34-16-33-20/h5-9,12-14H,10-11,15-16H2,1-4H3,(H,27,31)(H,28,32). The minimum Gasteiger partial charge on any atom is -0.454 e. The minimum absolute atomic E-state index is 0.0663. The summed E-state index contributed by atoms with van der Waals surface area (Å²) in [6.07, 6.45) is 0.151. The lowest BCUT2D eigenvalue weighted by Gasteiger charge is -2.14. The van der Waals surface area contributed by atoms with Crippen LogP contribution in [0.2, 0.25) is 0 Å². The lowest BCUT2D eigenvalue weighted by Crippen LogP contribution is -2.24. The third-order valence-electron chi connectivity index (χ3n) is 5.50. The van der Waals surface area contributed by atoms with Crippen LogP contribution in [0.5, 0.6) is 11.5 Å². The Morgan fingerprint density at radius 1 is 1.00 bits per heavy atom. The number of aromatic nitrogens is 2. The van der Waals surface area contributed by atoms with E-state index in [0.717, 1.165) is 22.5 Å². The topological polar surface area (TPSA) is 94.5 Å². The number of anilines is 1. The molecule has 34 heavy (non-hydrogen) atoms. The zero-order valence-electron chi connectivity index (χ0n) is 20.0. The smallest absolute Gasteiger partial charge is 0.231 e. The van der Waals surface area contributed by atoms with Gasteiger partial charge in [-0.1, -0.05) is 39.0 Å². The molecule has 2 heterocycles. The lowest BCUT2D eigenvalue weighted by atomic mass is 9.92. The molecule has 8 nitrogen and oxygen atoms in total. The molecule has 0 fully saturated rings. The second-order valence-corrected chi connectivity index (χ2v) is 9.43. The van der Waals surface area contributed by atoms with Gasteiger partial charge in [0.1, 0.15) is 5.82 Å². The Balaban J connectivity index is 1.36. The van der Waals surface area contributed by atoms with Crippen LogP contribution in [0.3, 0.4) is 0 Å². The molecule has 2 amide bonds. The van der Waals surface area contributed by atoms with Crippen LogP contribution in [0, 0.1) is 6.92 Å². The predicted molar refractivity (Wildman–Crippen MR) is 129 cm³/mol. The summed E-state index contributed by atoms with van der Waals surface area (Å²) in [5, 5.41) is 10.5. The molecule has 0 spiro atoms. The summed E-state index contributed by atoms with van der Waals surface area (Å²) in [6.45, 7) is 8.80. The van der Waals surface area contributed by atoms with Gasteiger partial charge in [0.05, 0.1) is 11.4 Å². The Morgan fingerprint density at radius 2 is 1.76 bits per heavy atom. The van der Waals surface area contributed by atoms with Crippen molar-refractivity contribution in [3.05, 3.63) is 65.4 Å². The molecule has 2 aromatic carbocycles. The first-order valence-electron chi connectivity index (χ1n) is 11.3. The maximum absolute atomic E-state index is 12.7. The molecule has 3 aromatic rings. The lowest BCUT2D eigenvalue weighted by molar-refractivity contribution is -0.124. The van der Waals surface area contributed by atoms with Crippen LogP contribution >= 0.6 is 0 Å². The van der Waals surface area contributed by atoms with Crippen molar-refractivity contribution in [2.75, 3.05) is 12.1 Å². The SMILES string of the molecule is Cc1cccc(-n2nc(C(C)(C)C)cc2NC(=O)CCC(=O)NCc2ccc3c(c2)OCO3)c1. The van der Waals surface area contributed by atoms with Gasteiger partial charge in [0.15, 0.2) is 11.5 Å². The third-order valence-corrected chi connectivity index (χ3v) is 5.50. The van der Waals surface area contributed by atoms with Gasteiger partial charge < -0.3 is 20.1 Å². The zero-order valence-corrected chi connectivity index (χ0v) is 20.0. The Kier molecular flexibility index (Phi) is 6.58. The Bertz CT molecular complexity index is 1210. The van der Waals surface area contributed by atoms with E-state index in [4.69, 9.17) is 14.6 Å². The van der Waals surface area contributed by atoms with Gasteiger partial charge in [-0.25, -0.2) is 4.68 Å². The highest BCUT2D eigenvalue weighted by Gasteiger charge is 2.22. The summed E-state index contributed by atoms with van der Waals surface area (Å²) < 4.78 is 12.4. The van der Waals surface area contributed by atoms with Crippen LogP contribution in [0.4, 0.5) is 5.82 Å². The molecule has 8 heteroatoms. The minimum atomic E-state index is -0.243. The molecule has 1 aliphatic rings. The molecule has 0 aliphatic carbocycles. The number of hydrogen-bond acceptors (Lipinski definition) is 5. The molecule has 4 rings (SSSR count). The van der Waals surface area contributed by atoms with Crippen molar-refractivity contribution >= 4 is 17.6 Å². The van der Waals surface area contributed by atoms with Gasteiger partial charge in [-0.15, -0.1) is 0 Å². The molecule has 0 saturated heterocycles. The van der Waals surface area contributed by atoms with E-state index in [1.54, 1.807) is 4.68 Å². The van der Waals surface area contributed by atoms with Crippen LogP contribution in [-0.2, 0) is 21.5 Å². The van der Waals surface area contributed by atoms with Crippen molar-refractivity contribution in [1.82, 2.24) is 15.1 Å². The van der Waals surface area contributed by atoms with Crippen LogP contribution < -0.4 is 20.1 Å². The van der Waals surface area contributed by atoms with Gasteiger partial charge in [0.2, 0.25) is 18.6 Å². The Labute approximate surface area is 199 Å². The van der Waals surface area contributed by atoms with Gasteiger partial charge in [0.25, 0.3) is 0 Å². The highest BCUT2D eigenvalue weighted by Crippen LogP contribution is 2.32. The Hall–Kier alpha value is -3.81. The normalized spacial score (nSPS) is 12.5. The van der Waals surface area contributed by atoms with Gasteiger partial charge in [0, 0.05) is 30.9 Å². The molecule has 0 saturated carbocycles. The number of hydrogen-bond donors (Lipinski definition) is 2. The summed E-state index contributed by atoms with van der Waals surface area (Å²) in [5.74, 6) is 1.52. The fraction of sp³-hybridized carbons (Fsp3) is 0.346. The summed E-state index contributed by atoms with van der Waals surface area (Å²) in [5.41, 5.74) is 3.56. The second-order valence-electron chi connectivity index (χ2n) is 9.43. The molecule has 0 radical (unpaired) electrons. The number of nitrogens with zero attached hydrogens (tertiary/aromatic N) is 2. The quantitative estimate of drug-likeness (QED) is 0.548. The summed E-state index contributed by atoms with van der Waals surface area (Å²) in [6, 6.07) is 15.4. The third kappa shape index (κ3) is 5.57. The number of aryl methyl sites for hydroxylation is 1. The predicted octanol–water partition coefficient (Wildman–Crippen LogP) is 4.24. The maximum atomic E-state index is 12.7. The van der Waals surface area contributed by atoms with E-state index in [9.17, 15) is 9.59 Å². The second kappa shape index (κ2) is 9.59. The van der Waals surface area contributed by atoms with Crippen LogP contribution in [0.25, 0.3) is 5.69 Å². The number of amides is 2. The van der Waals surface area contributed by atoms with Crippen molar-refractivity contribution < 1.29 is 19.1 Å². The first-order valence-corrected chi connectivity index (χ1v) is 11.3. The molecule has 0 atom stereocenters. The molecule has 0 unspecified atom stereocenters. The number of ether oxygens (including phenoxy) is 2. The number of rotatable bonds is 7. The summed E-state index contributed by atoms with van der Waals surface area (Å²) in [4.78, 5) is 25.0. The van der Waals surface area contributed by atoms with E-state index < -0.39 is 0 Å².